The molecule has 1 rings (SSSR count). The fourth-order valence-electron chi connectivity index (χ4n) is 1.30. The van der Waals surface area contributed by atoms with Gasteiger partial charge in [0.15, 0.2) is 5.78 Å². The van der Waals surface area contributed by atoms with Crippen molar-refractivity contribution < 1.29 is 14.6 Å². The SMILES string of the molecule is CCC(=O)c1ccc(OCCCO)c(N)c1. The second-order valence-corrected chi connectivity index (χ2v) is 3.45. The maximum atomic E-state index is 11.4. The third-order valence-electron chi connectivity index (χ3n) is 2.21. The quantitative estimate of drug-likeness (QED) is 0.436. The van der Waals surface area contributed by atoms with Gasteiger partial charge in [0, 0.05) is 25.0 Å². The molecule has 1 aromatic carbocycles. The Hall–Kier alpha value is -1.55. The lowest BCUT2D eigenvalue weighted by Crippen LogP contribution is -2.04. The van der Waals surface area contributed by atoms with Crippen LogP contribution in [0.25, 0.3) is 0 Å². The van der Waals surface area contributed by atoms with Gasteiger partial charge in [0.05, 0.1) is 12.3 Å². The van der Waals surface area contributed by atoms with Crippen molar-refractivity contribution in [2.75, 3.05) is 18.9 Å². The Morgan fingerprint density at radius 3 is 2.81 bits per heavy atom. The van der Waals surface area contributed by atoms with E-state index in [2.05, 4.69) is 0 Å². The molecule has 4 nitrogen and oxygen atoms in total. The van der Waals surface area contributed by atoms with Gasteiger partial charge in [-0.15, -0.1) is 0 Å². The standard InChI is InChI=1S/C12H17NO3/c1-2-11(15)9-4-5-12(10(13)8-9)16-7-3-6-14/h4-5,8,14H,2-3,6-7,13H2,1H3. The lowest BCUT2D eigenvalue weighted by molar-refractivity contribution is 0.0988. The van der Waals surface area contributed by atoms with Crippen LogP contribution < -0.4 is 10.5 Å². The van der Waals surface area contributed by atoms with Gasteiger partial charge in [-0.2, -0.15) is 0 Å². The predicted molar refractivity (Wildman–Crippen MR) is 62.7 cm³/mol. The summed E-state index contributed by atoms with van der Waals surface area (Å²) in [4.78, 5) is 11.4. The van der Waals surface area contributed by atoms with Crippen molar-refractivity contribution in [1.29, 1.82) is 0 Å². The molecule has 16 heavy (non-hydrogen) atoms. The van der Waals surface area contributed by atoms with Gasteiger partial charge in [-0.1, -0.05) is 6.92 Å². The zero-order valence-corrected chi connectivity index (χ0v) is 9.40. The number of carbonyl (C=O) groups is 1. The third kappa shape index (κ3) is 3.24. The zero-order valence-electron chi connectivity index (χ0n) is 9.40. The molecule has 0 saturated heterocycles. The summed E-state index contributed by atoms with van der Waals surface area (Å²) in [6.45, 7) is 2.32. The van der Waals surface area contributed by atoms with Gasteiger partial charge >= 0.3 is 0 Å². The van der Waals surface area contributed by atoms with Crippen molar-refractivity contribution >= 4 is 11.5 Å². The molecule has 3 N–H and O–H groups in total. The molecule has 0 aliphatic rings. The smallest absolute Gasteiger partial charge is 0.162 e. The summed E-state index contributed by atoms with van der Waals surface area (Å²) in [7, 11) is 0. The molecule has 0 heterocycles. The topological polar surface area (TPSA) is 72.5 Å². The number of aliphatic hydroxyl groups is 1. The molecule has 4 heteroatoms. The lowest BCUT2D eigenvalue weighted by Gasteiger charge is -2.09. The monoisotopic (exact) mass is 223 g/mol. The van der Waals surface area contributed by atoms with E-state index in [4.69, 9.17) is 15.6 Å². The van der Waals surface area contributed by atoms with Gasteiger partial charge in [0.2, 0.25) is 0 Å². The summed E-state index contributed by atoms with van der Waals surface area (Å²) in [6.07, 6.45) is 1.03. The average Bonchev–Trinajstić information content (AvgIpc) is 2.30. The van der Waals surface area contributed by atoms with Crippen molar-refractivity contribution in [1.82, 2.24) is 0 Å². The molecule has 0 unspecified atom stereocenters. The van der Waals surface area contributed by atoms with Crippen molar-refractivity contribution in [3.63, 3.8) is 0 Å². The first-order valence-electron chi connectivity index (χ1n) is 5.35. The summed E-state index contributed by atoms with van der Waals surface area (Å²) in [5.41, 5.74) is 6.82. The number of benzene rings is 1. The highest BCUT2D eigenvalue weighted by molar-refractivity contribution is 5.97. The average molecular weight is 223 g/mol. The number of nitrogens with two attached hydrogens (primary N) is 1. The van der Waals surface area contributed by atoms with E-state index in [1.807, 2.05) is 6.92 Å². The van der Waals surface area contributed by atoms with Crippen molar-refractivity contribution in [3.05, 3.63) is 23.8 Å². The lowest BCUT2D eigenvalue weighted by atomic mass is 10.1. The highest BCUT2D eigenvalue weighted by atomic mass is 16.5. The number of nitrogen functional groups attached to an aromatic ring is 1. The number of rotatable bonds is 6. The molecule has 0 radical (unpaired) electrons. The molecule has 0 aliphatic carbocycles. The second kappa shape index (κ2) is 6.12. The molecule has 88 valence electrons. The van der Waals surface area contributed by atoms with Crippen molar-refractivity contribution in [2.45, 2.75) is 19.8 Å². The summed E-state index contributed by atoms with van der Waals surface area (Å²) >= 11 is 0. The molecular formula is C12H17NO3. The van der Waals surface area contributed by atoms with Gasteiger partial charge in [0.25, 0.3) is 0 Å². The summed E-state index contributed by atoms with van der Waals surface area (Å²) in [5.74, 6) is 0.620. The minimum Gasteiger partial charge on any atom is -0.491 e. The van der Waals surface area contributed by atoms with Gasteiger partial charge in [-0.3, -0.25) is 4.79 Å². The van der Waals surface area contributed by atoms with Crippen molar-refractivity contribution in [3.8, 4) is 5.75 Å². The van der Waals surface area contributed by atoms with E-state index < -0.39 is 0 Å². The first-order valence-corrected chi connectivity index (χ1v) is 5.35. The van der Waals surface area contributed by atoms with Crippen LogP contribution in [0, 0.1) is 0 Å². The first kappa shape index (κ1) is 12.5. The van der Waals surface area contributed by atoms with E-state index in [1.54, 1.807) is 18.2 Å². The van der Waals surface area contributed by atoms with Crippen LogP contribution in [0.15, 0.2) is 18.2 Å². The number of carbonyl (C=O) groups excluding carboxylic acids is 1. The van der Waals surface area contributed by atoms with Gasteiger partial charge in [-0.05, 0) is 18.2 Å². The van der Waals surface area contributed by atoms with Crippen LogP contribution in [0.4, 0.5) is 5.69 Å². The first-order chi connectivity index (χ1) is 7.69. The molecule has 0 aromatic heterocycles. The Morgan fingerprint density at radius 2 is 2.25 bits per heavy atom. The maximum absolute atomic E-state index is 11.4. The fraction of sp³-hybridized carbons (Fsp3) is 0.417. The molecule has 0 atom stereocenters. The van der Waals surface area contributed by atoms with E-state index in [-0.39, 0.29) is 12.4 Å². The van der Waals surface area contributed by atoms with Crippen molar-refractivity contribution in [2.24, 2.45) is 0 Å². The normalized spacial score (nSPS) is 10.1. The molecule has 0 amide bonds. The number of Topliss-reactive ketones (excluding diaryl/α,β-unsaturated/α-hetero) is 1. The largest absolute Gasteiger partial charge is 0.491 e. The van der Waals surface area contributed by atoms with Gasteiger partial charge in [0.1, 0.15) is 5.75 Å². The number of ether oxygens (including phenoxy) is 1. The zero-order chi connectivity index (χ0) is 12.0. The van der Waals surface area contributed by atoms with E-state index in [0.717, 1.165) is 0 Å². The van der Waals surface area contributed by atoms with Crippen LogP contribution in [0.3, 0.4) is 0 Å². The number of ketones is 1. The number of hydrogen-bond donors (Lipinski definition) is 2. The number of anilines is 1. The molecule has 0 bridgehead atoms. The molecule has 0 saturated carbocycles. The van der Waals surface area contributed by atoms with Crippen LogP contribution in [-0.2, 0) is 0 Å². The second-order valence-electron chi connectivity index (χ2n) is 3.45. The van der Waals surface area contributed by atoms with Crippen LogP contribution in [0.2, 0.25) is 0 Å². The Labute approximate surface area is 95.0 Å². The fourth-order valence-corrected chi connectivity index (χ4v) is 1.30. The summed E-state index contributed by atoms with van der Waals surface area (Å²) < 4.78 is 5.35. The molecule has 0 fully saturated rings. The van der Waals surface area contributed by atoms with E-state index in [1.165, 1.54) is 0 Å². The Kier molecular flexibility index (Phi) is 4.79. The Bertz CT molecular complexity index is 363. The van der Waals surface area contributed by atoms with Crippen LogP contribution in [0.5, 0.6) is 5.75 Å². The summed E-state index contributed by atoms with van der Waals surface area (Å²) in [6, 6.07) is 5.02. The van der Waals surface area contributed by atoms with Crippen LogP contribution in [0.1, 0.15) is 30.1 Å². The van der Waals surface area contributed by atoms with E-state index >= 15 is 0 Å². The van der Waals surface area contributed by atoms with Crippen LogP contribution in [-0.4, -0.2) is 24.1 Å². The van der Waals surface area contributed by atoms with Crippen LogP contribution >= 0.6 is 0 Å². The number of hydrogen-bond acceptors (Lipinski definition) is 4. The number of aliphatic hydroxyl groups excluding tert-OH is 1. The third-order valence-corrected chi connectivity index (χ3v) is 2.21. The predicted octanol–water partition coefficient (Wildman–Crippen LogP) is 1.62. The van der Waals surface area contributed by atoms with E-state index in [9.17, 15) is 4.79 Å². The highest BCUT2D eigenvalue weighted by Crippen LogP contribution is 2.23. The Balaban J connectivity index is 2.71. The van der Waals surface area contributed by atoms with Gasteiger partial charge < -0.3 is 15.6 Å². The minimum absolute atomic E-state index is 0.0635. The summed E-state index contributed by atoms with van der Waals surface area (Å²) in [5, 5.41) is 8.61. The molecule has 0 aliphatic heterocycles. The molecule has 1 aromatic rings. The molecular weight excluding hydrogens is 206 g/mol. The minimum atomic E-state index is 0.0635. The Morgan fingerprint density at radius 1 is 1.50 bits per heavy atom. The van der Waals surface area contributed by atoms with E-state index in [0.29, 0.717) is 36.4 Å². The maximum Gasteiger partial charge on any atom is 0.162 e. The molecule has 0 spiro atoms. The van der Waals surface area contributed by atoms with Gasteiger partial charge in [-0.25, -0.2) is 0 Å². The highest BCUT2D eigenvalue weighted by Gasteiger charge is 2.06.